The summed E-state index contributed by atoms with van der Waals surface area (Å²) >= 11 is 0. The monoisotopic (exact) mass is 295 g/mol. The number of anilines is 1. The van der Waals surface area contributed by atoms with Crippen LogP contribution >= 0.6 is 0 Å². The van der Waals surface area contributed by atoms with Crippen molar-refractivity contribution in [2.45, 2.75) is 39.2 Å². The van der Waals surface area contributed by atoms with Gasteiger partial charge in [-0.2, -0.15) is 0 Å². The maximum Gasteiger partial charge on any atom is 0.251 e. The summed E-state index contributed by atoms with van der Waals surface area (Å²) in [7, 11) is 0. The zero-order valence-electron chi connectivity index (χ0n) is 12.4. The minimum absolute atomic E-state index is 0.00648. The smallest absolute Gasteiger partial charge is 0.251 e. The quantitative estimate of drug-likeness (QED) is 0.719. The lowest BCUT2D eigenvalue weighted by Crippen LogP contribution is -2.40. The zero-order valence-corrected chi connectivity index (χ0v) is 12.4. The number of hydrogen-bond acceptors (Lipinski definition) is 3. The van der Waals surface area contributed by atoms with Crippen LogP contribution in [0.3, 0.4) is 0 Å². The molecule has 0 saturated carbocycles. The van der Waals surface area contributed by atoms with E-state index in [9.17, 15) is 14.0 Å². The summed E-state index contributed by atoms with van der Waals surface area (Å²) in [5.74, 6) is -1.30. The molecule has 0 fully saturated rings. The normalized spacial score (nSPS) is 11.8. The van der Waals surface area contributed by atoms with E-state index in [4.69, 9.17) is 5.73 Å². The first-order valence-electron chi connectivity index (χ1n) is 7.06. The molecule has 1 aromatic carbocycles. The standard InChI is InChI=1S/C15H22FN3O2/c1-3-4-5-12(9-17)19-15(21)11-6-7-13(16)14(8-11)18-10(2)20/h6-8,12H,3-5,9,17H2,1-2H3,(H,18,20)(H,19,21). The molecule has 0 saturated heterocycles. The highest BCUT2D eigenvalue weighted by atomic mass is 19.1. The minimum Gasteiger partial charge on any atom is -0.348 e. The van der Waals surface area contributed by atoms with Crippen LogP contribution in [0.25, 0.3) is 0 Å². The van der Waals surface area contributed by atoms with Crippen molar-refractivity contribution in [1.29, 1.82) is 0 Å². The molecule has 0 aliphatic carbocycles. The van der Waals surface area contributed by atoms with E-state index < -0.39 is 11.7 Å². The van der Waals surface area contributed by atoms with Crippen molar-refractivity contribution in [3.8, 4) is 0 Å². The summed E-state index contributed by atoms with van der Waals surface area (Å²) in [6.07, 6.45) is 2.80. The molecule has 21 heavy (non-hydrogen) atoms. The molecule has 1 atom stereocenters. The number of nitrogens with two attached hydrogens (primary N) is 1. The highest BCUT2D eigenvalue weighted by molar-refractivity contribution is 5.97. The van der Waals surface area contributed by atoms with Gasteiger partial charge in [-0.05, 0) is 24.6 Å². The van der Waals surface area contributed by atoms with Crippen molar-refractivity contribution in [2.24, 2.45) is 5.73 Å². The number of rotatable bonds is 7. The molecule has 1 unspecified atom stereocenters. The SMILES string of the molecule is CCCCC(CN)NC(=O)c1ccc(F)c(NC(C)=O)c1. The van der Waals surface area contributed by atoms with Crippen molar-refractivity contribution in [3.63, 3.8) is 0 Å². The van der Waals surface area contributed by atoms with E-state index in [0.717, 1.165) is 25.3 Å². The van der Waals surface area contributed by atoms with Gasteiger partial charge < -0.3 is 16.4 Å². The molecule has 0 aromatic heterocycles. The van der Waals surface area contributed by atoms with Crippen LogP contribution in [-0.2, 0) is 4.79 Å². The maximum atomic E-state index is 13.5. The fourth-order valence-electron chi connectivity index (χ4n) is 1.92. The van der Waals surface area contributed by atoms with Gasteiger partial charge >= 0.3 is 0 Å². The predicted octanol–water partition coefficient (Wildman–Crippen LogP) is 2.03. The summed E-state index contributed by atoms with van der Waals surface area (Å²) in [4.78, 5) is 23.1. The average molecular weight is 295 g/mol. The van der Waals surface area contributed by atoms with Crippen LogP contribution in [0.1, 0.15) is 43.5 Å². The highest BCUT2D eigenvalue weighted by Crippen LogP contribution is 2.16. The molecule has 1 aromatic rings. The van der Waals surface area contributed by atoms with Crippen molar-refractivity contribution in [1.82, 2.24) is 5.32 Å². The Bertz CT molecular complexity index is 506. The molecule has 5 nitrogen and oxygen atoms in total. The van der Waals surface area contributed by atoms with Gasteiger partial charge in [0, 0.05) is 25.1 Å². The molecular formula is C15H22FN3O2. The molecule has 2 amide bonds. The van der Waals surface area contributed by atoms with Crippen LogP contribution in [0, 0.1) is 5.82 Å². The fraction of sp³-hybridized carbons (Fsp3) is 0.467. The maximum absolute atomic E-state index is 13.5. The Morgan fingerprint density at radius 2 is 2.10 bits per heavy atom. The Morgan fingerprint density at radius 1 is 1.38 bits per heavy atom. The topological polar surface area (TPSA) is 84.2 Å². The second-order valence-corrected chi connectivity index (χ2v) is 4.92. The largest absolute Gasteiger partial charge is 0.348 e. The van der Waals surface area contributed by atoms with Gasteiger partial charge in [-0.25, -0.2) is 4.39 Å². The van der Waals surface area contributed by atoms with E-state index in [-0.39, 0.29) is 23.2 Å². The number of nitrogens with one attached hydrogen (secondary N) is 2. The van der Waals surface area contributed by atoms with Crippen LogP contribution in [0.2, 0.25) is 0 Å². The van der Waals surface area contributed by atoms with Gasteiger partial charge in [0.05, 0.1) is 5.69 Å². The molecule has 116 valence electrons. The van der Waals surface area contributed by atoms with E-state index in [1.807, 2.05) is 0 Å². The molecular weight excluding hydrogens is 273 g/mol. The lowest BCUT2D eigenvalue weighted by molar-refractivity contribution is -0.114. The predicted molar refractivity (Wildman–Crippen MR) is 80.5 cm³/mol. The van der Waals surface area contributed by atoms with Crippen molar-refractivity contribution >= 4 is 17.5 Å². The van der Waals surface area contributed by atoms with E-state index in [2.05, 4.69) is 17.6 Å². The lowest BCUT2D eigenvalue weighted by atomic mass is 10.1. The van der Waals surface area contributed by atoms with E-state index >= 15 is 0 Å². The number of amides is 2. The third kappa shape index (κ3) is 5.51. The van der Waals surface area contributed by atoms with E-state index in [1.165, 1.54) is 19.1 Å². The third-order valence-electron chi connectivity index (χ3n) is 3.07. The Labute approximate surface area is 124 Å². The van der Waals surface area contributed by atoms with Crippen LogP contribution < -0.4 is 16.4 Å². The van der Waals surface area contributed by atoms with Crippen LogP contribution in [0.4, 0.5) is 10.1 Å². The number of benzene rings is 1. The van der Waals surface area contributed by atoms with Crippen LogP contribution in [0.15, 0.2) is 18.2 Å². The Morgan fingerprint density at radius 3 is 2.67 bits per heavy atom. The molecule has 0 aliphatic rings. The average Bonchev–Trinajstić information content (AvgIpc) is 2.45. The lowest BCUT2D eigenvalue weighted by Gasteiger charge is -2.17. The first-order chi connectivity index (χ1) is 9.97. The third-order valence-corrected chi connectivity index (χ3v) is 3.07. The van der Waals surface area contributed by atoms with Crippen LogP contribution in [-0.4, -0.2) is 24.4 Å². The number of unbranched alkanes of at least 4 members (excludes halogenated alkanes) is 1. The van der Waals surface area contributed by atoms with Gasteiger partial charge in [0.2, 0.25) is 5.91 Å². The van der Waals surface area contributed by atoms with Crippen LogP contribution in [0.5, 0.6) is 0 Å². The fourth-order valence-corrected chi connectivity index (χ4v) is 1.92. The Balaban J connectivity index is 2.79. The second-order valence-electron chi connectivity index (χ2n) is 4.92. The Hall–Kier alpha value is -1.95. The molecule has 0 radical (unpaired) electrons. The van der Waals surface area contributed by atoms with Gasteiger partial charge in [0.1, 0.15) is 5.82 Å². The number of halogens is 1. The first-order valence-corrected chi connectivity index (χ1v) is 7.06. The second kappa shape index (κ2) is 8.36. The molecule has 0 bridgehead atoms. The minimum atomic E-state index is -0.580. The van der Waals surface area contributed by atoms with Crippen molar-refractivity contribution < 1.29 is 14.0 Å². The summed E-state index contributed by atoms with van der Waals surface area (Å²) in [6.45, 7) is 3.70. The molecule has 0 aliphatic heterocycles. The highest BCUT2D eigenvalue weighted by Gasteiger charge is 2.14. The number of carbonyl (C=O) groups excluding carboxylic acids is 2. The van der Waals surface area contributed by atoms with Crippen molar-refractivity contribution in [2.75, 3.05) is 11.9 Å². The summed E-state index contributed by atoms with van der Waals surface area (Å²) in [6, 6.07) is 3.75. The van der Waals surface area contributed by atoms with Gasteiger partial charge in [0.25, 0.3) is 5.91 Å². The van der Waals surface area contributed by atoms with Gasteiger partial charge in [-0.1, -0.05) is 19.8 Å². The van der Waals surface area contributed by atoms with Gasteiger partial charge in [-0.3, -0.25) is 9.59 Å². The Kier molecular flexibility index (Phi) is 6.81. The summed E-state index contributed by atoms with van der Waals surface area (Å²) < 4.78 is 13.5. The van der Waals surface area contributed by atoms with Gasteiger partial charge in [0.15, 0.2) is 0 Å². The number of carbonyl (C=O) groups is 2. The zero-order chi connectivity index (χ0) is 15.8. The summed E-state index contributed by atoms with van der Waals surface area (Å²) in [5, 5.41) is 5.17. The van der Waals surface area contributed by atoms with E-state index in [1.54, 1.807) is 0 Å². The molecule has 0 spiro atoms. The number of hydrogen-bond donors (Lipinski definition) is 3. The summed E-state index contributed by atoms with van der Waals surface area (Å²) in [5.41, 5.74) is 5.91. The van der Waals surface area contributed by atoms with E-state index in [0.29, 0.717) is 6.54 Å². The molecule has 4 N–H and O–H groups in total. The molecule has 1 rings (SSSR count). The first kappa shape index (κ1) is 17.1. The molecule has 0 heterocycles. The van der Waals surface area contributed by atoms with Gasteiger partial charge in [-0.15, -0.1) is 0 Å². The molecule has 6 heteroatoms. The van der Waals surface area contributed by atoms with Crippen molar-refractivity contribution in [3.05, 3.63) is 29.6 Å².